The second-order valence-electron chi connectivity index (χ2n) is 14.4. The number of ether oxygens (including phenoxy) is 2. The molecule has 10 nitrogen and oxygen atoms in total. The van der Waals surface area contributed by atoms with E-state index in [1.165, 1.54) is 0 Å². The first-order valence-electron chi connectivity index (χ1n) is 18.9. The normalized spacial score (nSPS) is 19.9. The molecule has 0 unspecified atom stereocenters. The summed E-state index contributed by atoms with van der Waals surface area (Å²) in [4.78, 5) is 27.5. The van der Waals surface area contributed by atoms with Gasteiger partial charge in [0.05, 0.1) is 35.8 Å². The molecule has 3 atom stereocenters. The molecule has 0 saturated carbocycles. The number of aliphatic hydroxyl groups is 2. The zero-order valence-electron chi connectivity index (χ0n) is 30.6. The molecule has 11 heteroatoms. The Hall–Kier alpha value is -4.29. The van der Waals surface area contributed by atoms with Crippen LogP contribution in [0, 0.1) is 0 Å². The lowest BCUT2D eigenvalue weighted by Gasteiger charge is -2.42. The van der Waals surface area contributed by atoms with E-state index in [0.29, 0.717) is 60.7 Å². The number of halogens is 1. The molecule has 4 aromatic carbocycles. The minimum absolute atomic E-state index is 0.0276. The number of rotatable bonds is 15. The molecule has 2 fully saturated rings. The van der Waals surface area contributed by atoms with E-state index in [-0.39, 0.29) is 30.6 Å². The van der Waals surface area contributed by atoms with Crippen LogP contribution in [0.2, 0.25) is 5.02 Å². The molecule has 0 aromatic heterocycles. The van der Waals surface area contributed by atoms with Gasteiger partial charge in [0.2, 0.25) is 11.8 Å². The van der Waals surface area contributed by atoms with Gasteiger partial charge >= 0.3 is 0 Å². The predicted molar refractivity (Wildman–Crippen MR) is 212 cm³/mol. The average Bonchev–Trinajstić information content (AvgIpc) is 3.18. The van der Waals surface area contributed by atoms with Gasteiger partial charge in [0.15, 0.2) is 6.29 Å². The number of para-hydroxylation sites is 2. The minimum Gasteiger partial charge on any atom is -0.397 e. The van der Waals surface area contributed by atoms with Crippen LogP contribution in [0.1, 0.15) is 92.4 Å². The van der Waals surface area contributed by atoms with E-state index in [0.717, 1.165) is 61.0 Å². The highest BCUT2D eigenvalue weighted by Gasteiger charge is 2.37. The molecule has 2 aliphatic rings. The number of hydrogen-bond acceptors (Lipinski definition) is 8. The SMILES string of the molecule is Nc1ccccc1NC(=O)CCCCCCC(=O)Nc1cccc([C@H]2O[C@@H](CN3CCC(O)(c4ccc(Cl)cc4)CC3)C[C@@H](c3ccc(CO)cc3)O2)c1. The zero-order valence-corrected chi connectivity index (χ0v) is 31.3. The summed E-state index contributed by atoms with van der Waals surface area (Å²) in [6.07, 6.45) is 4.76. The van der Waals surface area contributed by atoms with Crippen LogP contribution in [0.25, 0.3) is 0 Å². The van der Waals surface area contributed by atoms with Crippen LogP contribution in [-0.4, -0.2) is 52.7 Å². The molecule has 0 spiro atoms. The Balaban J connectivity index is 1.01. The third kappa shape index (κ3) is 10.9. The molecule has 2 aliphatic heterocycles. The first-order valence-corrected chi connectivity index (χ1v) is 19.3. The minimum atomic E-state index is -0.890. The number of anilines is 3. The number of carbonyl (C=O) groups is 2. The number of aliphatic hydroxyl groups excluding tert-OH is 1. The van der Waals surface area contributed by atoms with E-state index in [2.05, 4.69) is 15.5 Å². The molecule has 2 amide bonds. The summed E-state index contributed by atoms with van der Waals surface area (Å²) in [6.45, 7) is 2.10. The molecule has 4 aromatic rings. The Morgan fingerprint density at radius 1 is 0.815 bits per heavy atom. The summed E-state index contributed by atoms with van der Waals surface area (Å²) >= 11 is 6.09. The quantitative estimate of drug-likeness (QED) is 0.0609. The largest absolute Gasteiger partial charge is 0.397 e. The first kappa shape index (κ1) is 39.4. The number of nitrogens with one attached hydrogen (secondary N) is 2. The number of benzene rings is 4. The molecule has 2 heterocycles. The lowest BCUT2D eigenvalue weighted by atomic mass is 9.84. The van der Waals surface area contributed by atoms with E-state index < -0.39 is 11.9 Å². The van der Waals surface area contributed by atoms with E-state index in [9.17, 15) is 19.8 Å². The van der Waals surface area contributed by atoms with Crippen molar-refractivity contribution in [1.82, 2.24) is 4.90 Å². The van der Waals surface area contributed by atoms with Gasteiger partial charge in [0.1, 0.15) is 0 Å². The van der Waals surface area contributed by atoms with Crippen molar-refractivity contribution in [2.75, 3.05) is 36.0 Å². The van der Waals surface area contributed by atoms with E-state index in [4.69, 9.17) is 26.8 Å². The fourth-order valence-electron chi connectivity index (χ4n) is 7.21. The summed E-state index contributed by atoms with van der Waals surface area (Å²) in [5.41, 5.74) is 10.4. The maximum Gasteiger partial charge on any atom is 0.224 e. The lowest BCUT2D eigenvalue weighted by molar-refractivity contribution is -0.253. The van der Waals surface area contributed by atoms with Gasteiger partial charge in [-0.25, -0.2) is 0 Å². The number of nitrogens with zero attached hydrogens (tertiary/aromatic N) is 1. The van der Waals surface area contributed by atoms with Crippen LogP contribution in [0.3, 0.4) is 0 Å². The van der Waals surface area contributed by atoms with E-state index >= 15 is 0 Å². The third-order valence-electron chi connectivity index (χ3n) is 10.4. The van der Waals surface area contributed by atoms with Gasteiger partial charge in [0.25, 0.3) is 0 Å². The Morgan fingerprint density at radius 2 is 1.50 bits per heavy atom. The third-order valence-corrected chi connectivity index (χ3v) is 10.6. The molecule has 0 bridgehead atoms. The Labute approximate surface area is 322 Å². The van der Waals surface area contributed by atoms with Gasteiger partial charge in [-0.2, -0.15) is 0 Å². The van der Waals surface area contributed by atoms with Crippen LogP contribution in [0.5, 0.6) is 0 Å². The fourth-order valence-corrected chi connectivity index (χ4v) is 7.34. The van der Waals surface area contributed by atoms with Gasteiger partial charge in [-0.05, 0) is 78.8 Å². The molecule has 6 N–H and O–H groups in total. The van der Waals surface area contributed by atoms with Crippen molar-refractivity contribution in [3.05, 3.63) is 124 Å². The van der Waals surface area contributed by atoms with Gasteiger partial charge in [-0.15, -0.1) is 0 Å². The lowest BCUT2D eigenvalue weighted by Crippen LogP contribution is -2.46. The van der Waals surface area contributed by atoms with Crippen LogP contribution in [0.15, 0.2) is 97.1 Å². The van der Waals surface area contributed by atoms with Gasteiger partial charge in [-0.1, -0.05) is 85.1 Å². The number of nitrogen functional groups attached to an aromatic ring is 1. The Bertz CT molecular complexity index is 1830. The number of hydrogen-bond donors (Lipinski definition) is 5. The summed E-state index contributed by atoms with van der Waals surface area (Å²) in [5, 5.41) is 27.6. The second kappa shape index (κ2) is 18.8. The summed E-state index contributed by atoms with van der Waals surface area (Å²) in [5.74, 6) is -0.138. The van der Waals surface area contributed by atoms with Crippen molar-refractivity contribution in [1.29, 1.82) is 0 Å². The number of piperidine rings is 1. The number of amides is 2. The van der Waals surface area contributed by atoms with Crippen molar-refractivity contribution in [3.8, 4) is 0 Å². The standard InChI is InChI=1S/C43H51ClN4O6/c44-34-20-18-33(19-21-34)43(52)22-24-48(25-23-43)28-36-27-39(31-16-14-30(29-49)15-17-31)54-42(53-36)32-8-7-9-35(26-32)46-40(50)12-3-1-2-4-13-41(51)47-38-11-6-5-10-37(38)45/h5-11,14-21,26,36,39,42,49,52H,1-4,12-13,22-25,27-29,45H2,(H,46,50)(H,47,51)/t36-,39+,42+/m1/s1. The Kier molecular flexibility index (Phi) is 13.7. The highest BCUT2D eigenvalue weighted by Crippen LogP contribution is 2.40. The molecule has 6 rings (SSSR count). The molecule has 2 saturated heterocycles. The summed E-state index contributed by atoms with van der Waals surface area (Å²) in [6, 6.07) is 30.1. The van der Waals surface area contributed by atoms with Crippen molar-refractivity contribution in [3.63, 3.8) is 0 Å². The number of carbonyl (C=O) groups excluding carboxylic acids is 2. The Morgan fingerprint density at radius 3 is 2.19 bits per heavy atom. The topological polar surface area (TPSA) is 146 Å². The number of likely N-dealkylation sites (tertiary alicyclic amines) is 1. The van der Waals surface area contributed by atoms with E-state index in [1.807, 2.05) is 84.9 Å². The smallest absolute Gasteiger partial charge is 0.224 e. The first-order chi connectivity index (χ1) is 26.2. The van der Waals surface area contributed by atoms with Gasteiger partial charge < -0.3 is 41.0 Å². The highest BCUT2D eigenvalue weighted by molar-refractivity contribution is 6.30. The van der Waals surface area contributed by atoms with Gasteiger partial charge in [-0.3, -0.25) is 9.59 Å². The number of nitrogens with two attached hydrogens (primary N) is 1. The highest BCUT2D eigenvalue weighted by atomic mass is 35.5. The summed E-state index contributed by atoms with van der Waals surface area (Å²) < 4.78 is 13.2. The average molecular weight is 755 g/mol. The fraction of sp³-hybridized carbons (Fsp3) is 0.395. The maximum absolute atomic E-state index is 12.9. The zero-order chi connectivity index (χ0) is 37.9. The monoisotopic (exact) mass is 754 g/mol. The van der Waals surface area contributed by atoms with Crippen LogP contribution in [-0.2, 0) is 31.3 Å². The van der Waals surface area contributed by atoms with Crippen LogP contribution < -0.4 is 16.4 Å². The summed E-state index contributed by atoms with van der Waals surface area (Å²) in [7, 11) is 0. The molecule has 0 radical (unpaired) electrons. The number of unbranched alkanes of at least 4 members (excludes halogenated alkanes) is 3. The van der Waals surface area contributed by atoms with Crippen LogP contribution >= 0.6 is 11.6 Å². The predicted octanol–water partition coefficient (Wildman–Crippen LogP) is 7.86. The molecule has 0 aliphatic carbocycles. The van der Waals surface area contributed by atoms with E-state index in [1.54, 1.807) is 12.1 Å². The molecular formula is C43H51ClN4O6. The van der Waals surface area contributed by atoms with Gasteiger partial charge in [0, 0.05) is 55.2 Å². The maximum atomic E-state index is 12.9. The van der Waals surface area contributed by atoms with Crippen molar-refractivity contribution in [2.24, 2.45) is 0 Å². The van der Waals surface area contributed by atoms with Crippen molar-refractivity contribution in [2.45, 2.75) is 88.5 Å². The van der Waals surface area contributed by atoms with Crippen molar-refractivity contribution >= 4 is 40.5 Å². The van der Waals surface area contributed by atoms with Crippen molar-refractivity contribution < 1.29 is 29.3 Å². The molecule has 286 valence electrons. The second-order valence-corrected chi connectivity index (χ2v) is 14.8. The molecular weight excluding hydrogens is 704 g/mol. The van der Waals surface area contributed by atoms with Crippen LogP contribution in [0.4, 0.5) is 17.1 Å². The molecule has 54 heavy (non-hydrogen) atoms.